The highest BCUT2D eigenvalue weighted by Gasteiger charge is 2.56. The number of fused-ring (bicyclic) bond motifs is 4. The lowest BCUT2D eigenvalue weighted by Gasteiger charge is -2.42. The quantitative estimate of drug-likeness (QED) is 0.708. The maximum atomic E-state index is 13.6. The average Bonchev–Trinajstić information content (AvgIpc) is 3.55. The van der Waals surface area contributed by atoms with Crippen LogP contribution in [0.4, 0.5) is 4.79 Å². The van der Waals surface area contributed by atoms with Crippen molar-refractivity contribution in [3.05, 3.63) is 71.8 Å². The Morgan fingerprint density at radius 1 is 1.03 bits per heavy atom. The number of likely N-dealkylation sites (tertiary alicyclic amines) is 1. The molecular formula is C27H26N2O5. The molecule has 3 aliphatic heterocycles. The Balaban J connectivity index is 1.24. The molecule has 1 aliphatic carbocycles. The smallest absolute Gasteiger partial charge is 0.410 e. The minimum atomic E-state index is -1.16. The number of nitrogens with zero attached hydrogens (tertiary/aromatic N) is 2. The van der Waals surface area contributed by atoms with Crippen LogP contribution < -0.4 is 0 Å². The predicted molar refractivity (Wildman–Crippen MR) is 124 cm³/mol. The van der Waals surface area contributed by atoms with Gasteiger partial charge in [0.1, 0.15) is 18.2 Å². The summed E-state index contributed by atoms with van der Waals surface area (Å²) in [6.07, 6.45) is 5.38. The molecule has 2 fully saturated rings. The molecule has 1 N–H and O–H groups in total. The number of benzene rings is 2. The molecule has 2 aromatic carbocycles. The van der Waals surface area contributed by atoms with Gasteiger partial charge in [0.15, 0.2) is 0 Å². The molecule has 2 saturated heterocycles. The highest BCUT2D eigenvalue weighted by molar-refractivity contribution is 5.97. The highest BCUT2D eigenvalue weighted by atomic mass is 16.6. The summed E-state index contributed by atoms with van der Waals surface area (Å²) >= 11 is 0. The first-order valence-electron chi connectivity index (χ1n) is 11.9. The maximum absolute atomic E-state index is 13.6. The monoisotopic (exact) mass is 458 g/mol. The van der Waals surface area contributed by atoms with Gasteiger partial charge in [-0.3, -0.25) is 9.69 Å². The largest absolute Gasteiger partial charge is 0.480 e. The van der Waals surface area contributed by atoms with Gasteiger partial charge in [-0.15, -0.1) is 0 Å². The van der Waals surface area contributed by atoms with E-state index in [1.54, 1.807) is 0 Å². The summed E-state index contributed by atoms with van der Waals surface area (Å²) in [7, 11) is 0. The molecule has 34 heavy (non-hydrogen) atoms. The van der Waals surface area contributed by atoms with Crippen molar-refractivity contribution in [2.75, 3.05) is 13.2 Å². The van der Waals surface area contributed by atoms with Gasteiger partial charge in [-0.25, -0.2) is 9.59 Å². The van der Waals surface area contributed by atoms with Crippen molar-refractivity contribution < 1.29 is 24.2 Å². The van der Waals surface area contributed by atoms with Crippen LogP contribution in [0.2, 0.25) is 0 Å². The van der Waals surface area contributed by atoms with Crippen molar-refractivity contribution in [2.24, 2.45) is 0 Å². The first-order valence-corrected chi connectivity index (χ1v) is 11.9. The highest BCUT2D eigenvalue weighted by Crippen LogP contribution is 2.45. The summed E-state index contributed by atoms with van der Waals surface area (Å²) in [5, 5.41) is 9.62. The molecule has 7 heteroatoms. The number of amides is 2. The van der Waals surface area contributed by atoms with Gasteiger partial charge in [0.05, 0.1) is 6.04 Å². The van der Waals surface area contributed by atoms with E-state index in [-0.39, 0.29) is 24.5 Å². The lowest BCUT2D eigenvalue weighted by molar-refractivity contribution is -0.153. The number of carbonyl (C=O) groups is 3. The van der Waals surface area contributed by atoms with Crippen LogP contribution in [0.3, 0.4) is 0 Å². The number of carboxylic acid groups (broad SMARTS) is 1. The number of hydrogen-bond donors (Lipinski definition) is 1. The first kappa shape index (κ1) is 21.0. The van der Waals surface area contributed by atoms with Crippen molar-refractivity contribution >= 4 is 18.0 Å². The fourth-order valence-electron chi connectivity index (χ4n) is 6.29. The Morgan fingerprint density at radius 2 is 1.71 bits per heavy atom. The van der Waals surface area contributed by atoms with Gasteiger partial charge in [-0.1, -0.05) is 60.7 Å². The number of rotatable bonds is 3. The molecule has 2 amide bonds. The number of aliphatic carboxylic acids is 1. The molecule has 1 spiro atoms. The average molecular weight is 459 g/mol. The third kappa shape index (κ3) is 2.92. The lowest BCUT2D eigenvalue weighted by Crippen LogP contribution is -2.62. The predicted octanol–water partition coefficient (Wildman–Crippen LogP) is 3.78. The molecule has 0 aromatic heterocycles. The molecule has 7 nitrogen and oxygen atoms in total. The van der Waals surface area contributed by atoms with Crippen LogP contribution >= 0.6 is 0 Å². The third-order valence-electron chi connectivity index (χ3n) is 7.89. The zero-order valence-corrected chi connectivity index (χ0v) is 18.7. The minimum absolute atomic E-state index is 0.0631. The molecule has 2 aromatic rings. The van der Waals surface area contributed by atoms with Gasteiger partial charge in [0.25, 0.3) is 5.91 Å². The van der Waals surface area contributed by atoms with E-state index in [0.29, 0.717) is 32.2 Å². The molecule has 3 heterocycles. The van der Waals surface area contributed by atoms with Crippen molar-refractivity contribution in [3.63, 3.8) is 0 Å². The van der Waals surface area contributed by atoms with Crippen LogP contribution in [-0.4, -0.2) is 63.7 Å². The van der Waals surface area contributed by atoms with E-state index in [2.05, 4.69) is 24.3 Å². The Labute approximate surface area is 197 Å². The summed E-state index contributed by atoms with van der Waals surface area (Å²) in [4.78, 5) is 41.7. The third-order valence-corrected chi connectivity index (χ3v) is 7.89. The summed E-state index contributed by atoms with van der Waals surface area (Å²) in [6.45, 7) is 0.588. The Hall–Kier alpha value is -3.61. The fraction of sp³-hybridized carbons (Fsp3) is 0.370. The van der Waals surface area contributed by atoms with Crippen LogP contribution in [0.1, 0.15) is 42.7 Å². The second kappa shape index (κ2) is 7.72. The number of ether oxygens (including phenoxy) is 1. The fourth-order valence-corrected chi connectivity index (χ4v) is 6.29. The van der Waals surface area contributed by atoms with Gasteiger partial charge in [-0.05, 0) is 47.9 Å². The van der Waals surface area contributed by atoms with Crippen molar-refractivity contribution in [3.8, 4) is 11.1 Å². The van der Waals surface area contributed by atoms with Crippen LogP contribution in [0.25, 0.3) is 11.1 Å². The van der Waals surface area contributed by atoms with Gasteiger partial charge >= 0.3 is 12.1 Å². The molecule has 0 bridgehead atoms. The molecular weight excluding hydrogens is 432 g/mol. The molecule has 3 atom stereocenters. The van der Waals surface area contributed by atoms with Gasteiger partial charge in [-0.2, -0.15) is 0 Å². The van der Waals surface area contributed by atoms with Crippen LogP contribution in [0.15, 0.2) is 60.7 Å². The minimum Gasteiger partial charge on any atom is -0.480 e. The van der Waals surface area contributed by atoms with Gasteiger partial charge in [0, 0.05) is 12.5 Å². The Bertz CT molecular complexity index is 1180. The van der Waals surface area contributed by atoms with E-state index in [0.717, 1.165) is 22.3 Å². The van der Waals surface area contributed by atoms with Crippen LogP contribution in [0.5, 0.6) is 0 Å². The topological polar surface area (TPSA) is 87.1 Å². The summed E-state index contributed by atoms with van der Waals surface area (Å²) in [6, 6.07) is 15.2. The molecule has 0 unspecified atom stereocenters. The number of carboxylic acids is 1. The summed E-state index contributed by atoms with van der Waals surface area (Å²) < 4.78 is 5.85. The number of hydrogen-bond acceptors (Lipinski definition) is 4. The van der Waals surface area contributed by atoms with Crippen molar-refractivity contribution in [2.45, 2.75) is 49.2 Å². The van der Waals surface area contributed by atoms with Crippen LogP contribution in [0, 0.1) is 0 Å². The molecule has 6 rings (SSSR count). The van der Waals surface area contributed by atoms with Gasteiger partial charge in [0.2, 0.25) is 0 Å². The van der Waals surface area contributed by atoms with Crippen LogP contribution in [-0.2, 0) is 14.3 Å². The normalized spacial score (nSPS) is 27.1. The van der Waals surface area contributed by atoms with E-state index in [1.807, 2.05) is 36.4 Å². The Kier molecular flexibility index (Phi) is 4.76. The second-order valence-corrected chi connectivity index (χ2v) is 9.55. The van der Waals surface area contributed by atoms with Crippen molar-refractivity contribution in [1.82, 2.24) is 9.80 Å². The maximum Gasteiger partial charge on any atom is 0.410 e. The zero-order valence-electron chi connectivity index (χ0n) is 18.7. The summed E-state index contributed by atoms with van der Waals surface area (Å²) in [5.74, 6) is -1.35. The van der Waals surface area contributed by atoms with E-state index in [1.165, 1.54) is 9.80 Å². The second-order valence-electron chi connectivity index (χ2n) is 9.55. The van der Waals surface area contributed by atoms with E-state index in [9.17, 15) is 19.5 Å². The van der Waals surface area contributed by atoms with E-state index < -0.39 is 23.6 Å². The zero-order chi connectivity index (χ0) is 23.4. The number of carbonyl (C=O) groups excluding carboxylic acids is 2. The summed E-state index contributed by atoms with van der Waals surface area (Å²) in [5.41, 5.74) is 3.41. The van der Waals surface area contributed by atoms with Crippen molar-refractivity contribution in [1.29, 1.82) is 0 Å². The lowest BCUT2D eigenvalue weighted by atomic mass is 9.89. The van der Waals surface area contributed by atoms with E-state index >= 15 is 0 Å². The molecule has 4 aliphatic rings. The Morgan fingerprint density at radius 3 is 2.38 bits per heavy atom. The molecule has 174 valence electrons. The van der Waals surface area contributed by atoms with Gasteiger partial charge < -0.3 is 14.7 Å². The molecule has 0 saturated carbocycles. The standard InChI is InChI=1S/C27H26N2O5/c30-24(31)23-11-10-17-12-14-27(25(32)29(17)23)13-5-15-28(27)26(33)34-16-22-20-8-3-1-6-18(20)19-7-2-4-9-21(19)22/h1-4,6-9,12,14,17,22-23H,5,10-11,13,15-16H2,(H,30,31)/t17-,23+,27-/m1/s1. The first-order chi connectivity index (χ1) is 16.5. The SMILES string of the molecule is O=C(O)[C@@H]1CC[C@@H]2C=C[C@]3(CCCN3C(=O)OCC3c4ccccc4-c4ccccc43)C(=O)N21. The molecule has 0 radical (unpaired) electrons. The van der Waals surface area contributed by atoms with E-state index in [4.69, 9.17) is 4.74 Å².